The molecule has 118 valence electrons. The number of carbonyl (C=O) groups is 3. The molecule has 1 heterocycles. The van der Waals surface area contributed by atoms with Crippen LogP contribution in [0.25, 0.3) is 0 Å². The number of nitrogens with one attached hydrogen (secondary N) is 3. The topological polar surface area (TPSA) is 87.3 Å². The summed E-state index contributed by atoms with van der Waals surface area (Å²) in [6.45, 7) is 3.91. The fourth-order valence-corrected chi connectivity index (χ4v) is 2.49. The highest BCUT2D eigenvalue weighted by Gasteiger charge is 2.47. The summed E-state index contributed by atoms with van der Waals surface area (Å²) in [7, 11) is 0. The fourth-order valence-electron chi connectivity index (χ4n) is 2.49. The molecule has 0 spiro atoms. The summed E-state index contributed by atoms with van der Waals surface area (Å²) in [5, 5.41) is 7.80. The molecule has 2 rings (SSSR count). The Morgan fingerprint density at radius 2 is 1.95 bits per heavy atom. The molecule has 4 amide bonds. The van der Waals surface area contributed by atoms with Crippen molar-refractivity contribution in [1.82, 2.24) is 16.0 Å². The van der Waals surface area contributed by atoms with E-state index in [-0.39, 0.29) is 24.8 Å². The maximum atomic E-state index is 12.3. The van der Waals surface area contributed by atoms with Gasteiger partial charge in [0.2, 0.25) is 5.91 Å². The zero-order chi connectivity index (χ0) is 16.2. The summed E-state index contributed by atoms with van der Waals surface area (Å²) in [4.78, 5) is 35.8. The summed E-state index contributed by atoms with van der Waals surface area (Å²) in [5.74, 6) is -0.543. The Hall–Kier alpha value is -2.37. The molecular formula is C16H21N3O3. The van der Waals surface area contributed by atoms with Crippen LogP contribution < -0.4 is 16.0 Å². The Morgan fingerprint density at radius 3 is 2.50 bits per heavy atom. The quantitative estimate of drug-likeness (QED) is 0.695. The third kappa shape index (κ3) is 3.27. The van der Waals surface area contributed by atoms with Gasteiger partial charge in [-0.2, -0.15) is 0 Å². The summed E-state index contributed by atoms with van der Waals surface area (Å²) in [6.07, 6.45) is 1.22. The van der Waals surface area contributed by atoms with Gasteiger partial charge in [-0.15, -0.1) is 0 Å². The summed E-state index contributed by atoms with van der Waals surface area (Å²) in [6, 6.07) is 8.54. The van der Waals surface area contributed by atoms with Crippen LogP contribution in [0.4, 0.5) is 4.79 Å². The minimum atomic E-state index is -1.18. The lowest BCUT2D eigenvalue weighted by atomic mass is 9.85. The van der Waals surface area contributed by atoms with Crippen molar-refractivity contribution in [3.63, 3.8) is 0 Å². The molecule has 2 atom stereocenters. The van der Waals surface area contributed by atoms with Gasteiger partial charge < -0.3 is 10.6 Å². The second-order valence-corrected chi connectivity index (χ2v) is 5.56. The summed E-state index contributed by atoms with van der Waals surface area (Å²) in [5.41, 5.74) is -0.500. The molecule has 0 saturated carbocycles. The number of benzene rings is 1. The summed E-state index contributed by atoms with van der Waals surface area (Å²) < 4.78 is 0. The van der Waals surface area contributed by atoms with Crippen LogP contribution in [0.3, 0.4) is 0 Å². The van der Waals surface area contributed by atoms with Crippen LogP contribution in [-0.4, -0.2) is 23.9 Å². The van der Waals surface area contributed by atoms with Crippen LogP contribution in [0, 0.1) is 0 Å². The van der Waals surface area contributed by atoms with Crippen molar-refractivity contribution in [2.24, 2.45) is 0 Å². The third-order valence-corrected chi connectivity index (χ3v) is 3.96. The molecule has 1 aliphatic heterocycles. The minimum Gasteiger partial charge on any atom is -0.354 e. The van der Waals surface area contributed by atoms with E-state index in [0.717, 1.165) is 6.42 Å². The molecule has 1 fully saturated rings. The molecule has 3 N–H and O–H groups in total. The van der Waals surface area contributed by atoms with Crippen LogP contribution >= 0.6 is 0 Å². The van der Waals surface area contributed by atoms with Gasteiger partial charge in [0, 0.05) is 12.5 Å². The van der Waals surface area contributed by atoms with Gasteiger partial charge in [0.05, 0.1) is 0 Å². The third-order valence-electron chi connectivity index (χ3n) is 3.96. The molecule has 1 aromatic carbocycles. The van der Waals surface area contributed by atoms with Crippen LogP contribution in [0.15, 0.2) is 30.3 Å². The maximum absolute atomic E-state index is 12.3. The number of urea groups is 1. The minimum absolute atomic E-state index is 0.0900. The lowest BCUT2D eigenvalue weighted by molar-refractivity contribution is -0.125. The van der Waals surface area contributed by atoms with Gasteiger partial charge in [-0.25, -0.2) is 4.79 Å². The van der Waals surface area contributed by atoms with E-state index >= 15 is 0 Å². The van der Waals surface area contributed by atoms with Gasteiger partial charge in [-0.3, -0.25) is 14.9 Å². The van der Waals surface area contributed by atoms with Crippen molar-refractivity contribution in [2.75, 3.05) is 0 Å². The first-order valence-electron chi connectivity index (χ1n) is 7.46. The first-order valence-corrected chi connectivity index (χ1v) is 7.46. The van der Waals surface area contributed by atoms with E-state index in [1.54, 1.807) is 24.3 Å². The van der Waals surface area contributed by atoms with Crippen molar-refractivity contribution in [3.8, 4) is 0 Å². The lowest BCUT2D eigenvalue weighted by Crippen LogP contribution is -2.45. The van der Waals surface area contributed by atoms with Gasteiger partial charge >= 0.3 is 6.03 Å². The van der Waals surface area contributed by atoms with Crippen LogP contribution in [0.5, 0.6) is 0 Å². The highest BCUT2D eigenvalue weighted by Crippen LogP contribution is 2.29. The van der Waals surface area contributed by atoms with Crippen molar-refractivity contribution >= 4 is 17.8 Å². The van der Waals surface area contributed by atoms with Crippen molar-refractivity contribution in [1.29, 1.82) is 0 Å². The smallest absolute Gasteiger partial charge is 0.322 e. The molecule has 1 saturated heterocycles. The van der Waals surface area contributed by atoms with Gasteiger partial charge in [-0.1, -0.05) is 37.3 Å². The number of amides is 4. The Morgan fingerprint density at radius 1 is 1.27 bits per heavy atom. The molecule has 0 bridgehead atoms. The molecule has 22 heavy (non-hydrogen) atoms. The average molecular weight is 303 g/mol. The maximum Gasteiger partial charge on any atom is 0.322 e. The highest BCUT2D eigenvalue weighted by atomic mass is 16.2. The van der Waals surface area contributed by atoms with E-state index in [9.17, 15) is 14.4 Å². The van der Waals surface area contributed by atoms with Gasteiger partial charge in [0.15, 0.2) is 0 Å². The van der Waals surface area contributed by atoms with Crippen molar-refractivity contribution < 1.29 is 14.4 Å². The zero-order valence-corrected chi connectivity index (χ0v) is 12.8. The van der Waals surface area contributed by atoms with E-state index in [1.165, 1.54) is 0 Å². The predicted octanol–water partition coefficient (Wildman–Crippen LogP) is 1.42. The molecule has 1 aromatic rings. The van der Waals surface area contributed by atoms with Crippen molar-refractivity contribution in [2.45, 2.75) is 44.7 Å². The van der Waals surface area contributed by atoms with E-state index in [1.807, 2.05) is 19.9 Å². The number of imide groups is 1. The Labute approximate surface area is 129 Å². The monoisotopic (exact) mass is 303 g/mol. The zero-order valence-electron chi connectivity index (χ0n) is 12.8. The number of rotatable bonds is 6. The van der Waals surface area contributed by atoms with Gasteiger partial charge in [0.1, 0.15) is 5.54 Å². The highest BCUT2D eigenvalue weighted by molar-refractivity contribution is 6.07. The molecule has 0 aliphatic carbocycles. The second kappa shape index (κ2) is 6.60. The Kier molecular flexibility index (Phi) is 4.80. The van der Waals surface area contributed by atoms with Gasteiger partial charge in [0.25, 0.3) is 5.91 Å². The number of hydrogen-bond donors (Lipinski definition) is 3. The molecule has 1 aliphatic rings. The largest absolute Gasteiger partial charge is 0.354 e. The molecule has 0 radical (unpaired) electrons. The van der Waals surface area contributed by atoms with Crippen molar-refractivity contribution in [3.05, 3.63) is 35.9 Å². The predicted molar refractivity (Wildman–Crippen MR) is 81.9 cm³/mol. The fraction of sp³-hybridized carbons (Fsp3) is 0.438. The van der Waals surface area contributed by atoms with Crippen LogP contribution in [0.1, 0.15) is 38.7 Å². The average Bonchev–Trinajstić information content (AvgIpc) is 2.81. The number of hydrogen-bond acceptors (Lipinski definition) is 3. The first kappa shape index (κ1) is 16.0. The van der Waals surface area contributed by atoms with E-state index in [2.05, 4.69) is 16.0 Å². The summed E-state index contributed by atoms with van der Waals surface area (Å²) >= 11 is 0. The first-order chi connectivity index (χ1) is 10.5. The van der Waals surface area contributed by atoms with E-state index in [0.29, 0.717) is 5.56 Å². The molecular weight excluding hydrogens is 282 g/mol. The molecule has 2 unspecified atom stereocenters. The van der Waals surface area contributed by atoms with E-state index in [4.69, 9.17) is 0 Å². The van der Waals surface area contributed by atoms with Crippen LogP contribution in [0.2, 0.25) is 0 Å². The van der Waals surface area contributed by atoms with E-state index < -0.39 is 17.5 Å². The normalized spacial score (nSPS) is 21.9. The molecule has 6 nitrogen and oxygen atoms in total. The number of carbonyl (C=O) groups excluding carboxylic acids is 3. The Balaban J connectivity index is 2.16. The SMILES string of the molecule is CCC(C)NC(=O)CCC1(c2ccccc2)NC(=O)NC1=O. The van der Waals surface area contributed by atoms with Crippen LogP contribution in [-0.2, 0) is 15.1 Å². The lowest BCUT2D eigenvalue weighted by Gasteiger charge is -2.26. The second-order valence-electron chi connectivity index (χ2n) is 5.56. The molecule has 6 heteroatoms. The molecule has 0 aromatic heterocycles. The van der Waals surface area contributed by atoms with Gasteiger partial charge in [-0.05, 0) is 25.3 Å². The standard InChI is InChI=1S/C16H21N3O3/c1-3-11(2)17-13(20)9-10-16(12-7-5-4-6-8-12)14(21)18-15(22)19-16/h4-8,11H,3,9-10H2,1-2H3,(H,17,20)(H2,18,19,21,22). The Bertz CT molecular complexity index is 573.